The molecule has 3 heterocycles. The van der Waals surface area contributed by atoms with Crippen molar-refractivity contribution in [1.82, 2.24) is 20.4 Å². The van der Waals surface area contributed by atoms with Crippen LogP contribution in [-0.2, 0) is 43.3 Å². The molecule has 0 radical (unpaired) electrons. The zero-order valence-electron chi connectivity index (χ0n) is 25.8. The number of likely N-dealkylation sites (tertiary alicyclic amines) is 1. The summed E-state index contributed by atoms with van der Waals surface area (Å²) >= 11 is 6.12. The quantitative estimate of drug-likeness (QED) is 0.363. The van der Waals surface area contributed by atoms with Crippen LogP contribution in [0.4, 0.5) is 5.69 Å². The van der Waals surface area contributed by atoms with Crippen molar-refractivity contribution in [2.45, 2.75) is 49.9 Å². The van der Waals surface area contributed by atoms with Gasteiger partial charge in [0, 0.05) is 36.8 Å². The van der Waals surface area contributed by atoms with Crippen LogP contribution in [0, 0.1) is 0 Å². The second kappa shape index (κ2) is 13.5. The molecule has 0 bridgehead atoms. The maximum absolute atomic E-state index is 14.2. The van der Waals surface area contributed by atoms with Gasteiger partial charge in [0.2, 0.25) is 11.8 Å². The van der Waals surface area contributed by atoms with Gasteiger partial charge in [0.1, 0.15) is 18.1 Å². The van der Waals surface area contributed by atoms with E-state index in [1.54, 1.807) is 17.0 Å². The maximum atomic E-state index is 14.2. The third-order valence-corrected chi connectivity index (χ3v) is 9.65. The molecule has 11 heteroatoms. The van der Waals surface area contributed by atoms with Crippen LogP contribution < -0.4 is 15.5 Å². The summed E-state index contributed by atoms with van der Waals surface area (Å²) in [7, 11) is 1.31. The summed E-state index contributed by atoms with van der Waals surface area (Å²) in [6.07, 6.45) is 1.60. The molecule has 3 aliphatic heterocycles. The molecule has 2 fully saturated rings. The molecule has 3 aromatic rings. The smallest absolute Gasteiger partial charge is 0.325 e. The van der Waals surface area contributed by atoms with E-state index in [-0.39, 0.29) is 30.9 Å². The van der Waals surface area contributed by atoms with Gasteiger partial charge in [0.15, 0.2) is 0 Å². The molecule has 240 valence electrons. The Balaban J connectivity index is 1.20. The Morgan fingerprint density at radius 1 is 0.978 bits per heavy atom. The highest BCUT2D eigenvalue weighted by Crippen LogP contribution is 2.39. The fraction of sp³-hybridized carbons (Fsp3) is 0.371. The van der Waals surface area contributed by atoms with Crippen LogP contribution in [-0.4, -0.2) is 84.5 Å². The fourth-order valence-corrected chi connectivity index (χ4v) is 6.95. The van der Waals surface area contributed by atoms with E-state index in [0.29, 0.717) is 50.3 Å². The number of benzene rings is 3. The van der Waals surface area contributed by atoms with Crippen molar-refractivity contribution >= 4 is 41.0 Å². The number of rotatable bonds is 8. The molecule has 6 rings (SSSR count). The third kappa shape index (κ3) is 6.45. The number of amides is 3. The zero-order chi connectivity index (χ0) is 32.3. The van der Waals surface area contributed by atoms with E-state index in [2.05, 4.69) is 16.7 Å². The van der Waals surface area contributed by atoms with Crippen molar-refractivity contribution in [2.24, 2.45) is 0 Å². The average Bonchev–Trinajstić information content (AvgIpc) is 3.35. The summed E-state index contributed by atoms with van der Waals surface area (Å²) in [4.78, 5) is 59.1. The molecule has 0 saturated carbocycles. The average molecular weight is 644 g/mol. The molecule has 46 heavy (non-hydrogen) atoms. The van der Waals surface area contributed by atoms with Gasteiger partial charge in [-0.15, -0.1) is 0 Å². The van der Waals surface area contributed by atoms with E-state index >= 15 is 0 Å². The second-order valence-electron chi connectivity index (χ2n) is 12.1. The van der Waals surface area contributed by atoms with Crippen molar-refractivity contribution in [3.8, 4) is 0 Å². The largest absolute Gasteiger partial charge is 0.468 e. The number of methoxy groups -OCH3 is 1. The molecule has 2 N–H and O–H groups in total. The molecular formula is C35H38ClN5O5. The Bertz CT molecular complexity index is 1590. The number of nitrogens with zero attached hydrogens (tertiary/aromatic N) is 3. The minimum absolute atomic E-state index is 0.141. The molecular weight excluding hydrogens is 606 g/mol. The summed E-state index contributed by atoms with van der Waals surface area (Å²) in [6, 6.07) is 23.7. The van der Waals surface area contributed by atoms with E-state index in [9.17, 15) is 19.2 Å². The van der Waals surface area contributed by atoms with Gasteiger partial charge in [-0.1, -0.05) is 66.2 Å². The van der Waals surface area contributed by atoms with E-state index < -0.39 is 23.6 Å². The lowest BCUT2D eigenvalue weighted by atomic mass is 9.85. The van der Waals surface area contributed by atoms with Gasteiger partial charge in [-0.05, 0) is 60.2 Å². The van der Waals surface area contributed by atoms with E-state index in [4.69, 9.17) is 16.3 Å². The van der Waals surface area contributed by atoms with Crippen LogP contribution in [0.3, 0.4) is 0 Å². The van der Waals surface area contributed by atoms with Crippen LogP contribution in [0.2, 0.25) is 5.02 Å². The first-order chi connectivity index (χ1) is 22.3. The molecule has 3 amide bonds. The number of ether oxygens (including phenoxy) is 1. The van der Waals surface area contributed by atoms with Crippen LogP contribution in [0.1, 0.15) is 29.5 Å². The molecule has 2 atom stereocenters. The monoisotopic (exact) mass is 643 g/mol. The van der Waals surface area contributed by atoms with Gasteiger partial charge in [0.05, 0.1) is 19.8 Å². The highest BCUT2D eigenvalue weighted by Gasteiger charge is 2.54. The standard InChI is InChI=1S/C35H38ClN5O5/c1-46-31(42)22-40-23-41(28-9-3-2-4-10-28)35(34(40)45)15-17-39(18-16-35)33(44)30(19-24-11-13-27(36)14-12-24)38-32(43)29-20-25-7-5-6-8-26(25)21-37-29/h2-14,29-30,37H,15-23H2,1H3,(H,38,43). The van der Waals surface area contributed by atoms with Crippen molar-refractivity contribution in [3.05, 3.63) is 101 Å². The lowest BCUT2D eigenvalue weighted by Gasteiger charge is -2.44. The first-order valence-electron chi connectivity index (χ1n) is 15.6. The van der Waals surface area contributed by atoms with Gasteiger partial charge < -0.3 is 30.1 Å². The molecule has 2 unspecified atom stereocenters. The van der Waals surface area contributed by atoms with E-state index in [1.807, 2.05) is 65.6 Å². The predicted molar refractivity (Wildman–Crippen MR) is 174 cm³/mol. The first-order valence-corrected chi connectivity index (χ1v) is 16.0. The Morgan fingerprint density at radius 2 is 1.65 bits per heavy atom. The summed E-state index contributed by atoms with van der Waals surface area (Å²) in [5.74, 6) is -1.06. The number of hydrogen-bond donors (Lipinski definition) is 2. The minimum Gasteiger partial charge on any atom is -0.468 e. The molecule has 3 aromatic carbocycles. The normalized spacial score (nSPS) is 19.5. The zero-order valence-corrected chi connectivity index (χ0v) is 26.5. The molecule has 3 aliphatic rings. The summed E-state index contributed by atoms with van der Waals surface area (Å²) in [5.41, 5.74) is 3.13. The topological polar surface area (TPSA) is 111 Å². The summed E-state index contributed by atoms with van der Waals surface area (Å²) in [6.45, 7) is 1.33. The number of para-hydroxylation sites is 1. The highest BCUT2D eigenvalue weighted by atomic mass is 35.5. The summed E-state index contributed by atoms with van der Waals surface area (Å²) < 4.78 is 4.85. The number of anilines is 1. The number of hydrogen-bond acceptors (Lipinski definition) is 7. The Morgan fingerprint density at radius 3 is 2.35 bits per heavy atom. The van der Waals surface area contributed by atoms with Crippen LogP contribution in [0.15, 0.2) is 78.9 Å². The number of carbonyl (C=O) groups excluding carboxylic acids is 4. The Kier molecular flexibility index (Phi) is 9.28. The number of esters is 1. The number of carbonyl (C=O) groups is 4. The number of nitrogens with one attached hydrogen (secondary N) is 2. The van der Waals surface area contributed by atoms with Crippen molar-refractivity contribution in [1.29, 1.82) is 0 Å². The van der Waals surface area contributed by atoms with Crippen LogP contribution in [0.25, 0.3) is 0 Å². The lowest BCUT2D eigenvalue weighted by Crippen LogP contribution is -2.60. The molecule has 1 spiro atoms. The number of halogens is 1. The lowest BCUT2D eigenvalue weighted by molar-refractivity contribution is -0.147. The first kappa shape index (κ1) is 31.6. The maximum Gasteiger partial charge on any atom is 0.325 e. The van der Waals surface area contributed by atoms with Gasteiger partial charge in [-0.3, -0.25) is 19.2 Å². The van der Waals surface area contributed by atoms with Crippen LogP contribution >= 0.6 is 11.6 Å². The predicted octanol–water partition coefficient (Wildman–Crippen LogP) is 2.92. The summed E-state index contributed by atoms with van der Waals surface area (Å²) in [5, 5.41) is 6.96. The Hall–Kier alpha value is -4.41. The molecule has 0 aromatic heterocycles. The fourth-order valence-electron chi connectivity index (χ4n) is 6.83. The molecule has 2 saturated heterocycles. The van der Waals surface area contributed by atoms with Crippen LogP contribution in [0.5, 0.6) is 0 Å². The molecule has 10 nitrogen and oxygen atoms in total. The SMILES string of the molecule is COC(=O)CN1CN(c2ccccc2)C2(CCN(C(=O)C(Cc3ccc(Cl)cc3)NC(=O)C3Cc4ccccc4CN3)CC2)C1=O. The molecule has 0 aliphatic carbocycles. The van der Waals surface area contributed by atoms with E-state index in [1.165, 1.54) is 17.6 Å². The van der Waals surface area contributed by atoms with Gasteiger partial charge in [-0.2, -0.15) is 0 Å². The van der Waals surface area contributed by atoms with E-state index in [0.717, 1.165) is 16.8 Å². The third-order valence-electron chi connectivity index (χ3n) is 9.40. The number of fused-ring (bicyclic) bond motifs is 1. The van der Waals surface area contributed by atoms with Crippen molar-refractivity contribution in [3.63, 3.8) is 0 Å². The van der Waals surface area contributed by atoms with Crippen molar-refractivity contribution < 1.29 is 23.9 Å². The minimum atomic E-state index is -0.902. The highest BCUT2D eigenvalue weighted by molar-refractivity contribution is 6.30. The van der Waals surface area contributed by atoms with Crippen molar-refractivity contribution in [2.75, 3.05) is 38.3 Å². The Labute approximate surface area is 273 Å². The van der Waals surface area contributed by atoms with Gasteiger partial charge in [-0.25, -0.2) is 0 Å². The van der Waals surface area contributed by atoms with Gasteiger partial charge in [0.25, 0.3) is 5.91 Å². The van der Waals surface area contributed by atoms with Gasteiger partial charge >= 0.3 is 5.97 Å². The second-order valence-corrected chi connectivity index (χ2v) is 12.6. The number of piperidine rings is 1.